The summed E-state index contributed by atoms with van der Waals surface area (Å²) in [6.45, 7) is 7.71. The number of rotatable bonds is 5. The predicted octanol–water partition coefficient (Wildman–Crippen LogP) is 4.37. The minimum absolute atomic E-state index is 0.474. The molecule has 2 aliphatic heterocycles. The summed E-state index contributed by atoms with van der Waals surface area (Å²) in [5.74, 6) is 0. The van der Waals surface area contributed by atoms with Crippen LogP contribution in [0.3, 0.4) is 0 Å². The van der Waals surface area contributed by atoms with Gasteiger partial charge in [0.15, 0.2) is 0 Å². The summed E-state index contributed by atoms with van der Waals surface area (Å²) < 4.78 is 5.77. The molecule has 1 aromatic carbocycles. The van der Waals surface area contributed by atoms with Crippen LogP contribution < -0.4 is 0 Å². The first-order valence-electron chi connectivity index (χ1n) is 9.18. The molecule has 2 saturated heterocycles. The van der Waals surface area contributed by atoms with Crippen LogP contribution in [0.15, 0.2) is 36.4 Å². The summed E-state index contributed by atoms with van der Waals surface area (Å²) in [6, 6.07) is 12.5. The Bertz CT molecular complexity index is 691. The zero-order valence-electron chi connectivity index (χ0n) is 14.5. The molecule has 1 atom stereocenters. The summed E-state index contributed by atoms with van der Waals surface area (Å²) in [5.41, 5.74) is 1.14. The van der Waals surface area contributed by atoms with Gasteiger partial charge in [0, 0.05) is 66.2 Å². The summed E-state index contributed by atoms with van der Waals surface area (Å²) in [6.07, 6.45) is 2.94. The van der Waals surface area contributed by atoms with Crippen molar-refractivity contribution in [3.63, 3.8) is 0 Å². The van der Waals surface area contributed by atoms with E-state index in [0.29, 0.717) is 6.10 Å². The molecule has 1 unspecified atom stereocenters. The van der Waals surface area contributed by atoms with Gasteiger partial charge in [-0.3, -0.25) is 9.80 Å². The summed E-state index contributed by atoms with van der Waals surface area (Å²) in [5, 5.41) is 0.832. The number of nitrogens with zero attached hydrogens (tertiary/aromatic N) is 2. The Morgan fingerprint density at radius 2 is 1.84 bits per heavy atom. The number of halogens is 1. The molecule has 1 aromatic heterocycles. The third-order valence-electron chi connectivity index (χ3n) is 5.13. The molecule has 0 saturated carbocycles. The van der Waals surface area contributed by atoms with E-state index in [1.54, 1.807) is 0 Å². The smallest absolute Gasteiger partial charge is 0.0702 e. The van der Waals surface area contributed by atoms with Crippen LogP contribution in [-0.4, -0.2) is 55.2 Å². The Hall–Kier alpha value is -0.910. The van der Waals surface area contributed by atoms with Gasteiger partial charge in [-0.1, -0.05) is 29.8 Å². The molecule has 2 fully saturated rings. The van der Waals surface area contributed by atoms with E-state index in [4.69, 9.17) is 16.3 Å². The second-order valence-electron chi connectivity index (χ2n) is 6.96. The van der Waals surface area contributed by atoms with Gasteiger partial charge >= 0.3 is 0 Å². The van der Waals surface area contributed by atoms with Crippen LogP contribution in [0.2, 0.25) is 5.02 Å². The number of hydrogen-bond donors (Lipinski definition) is 0. The molecule has 25 heavy (non-hydrogen) atoms. The molecule has 5 heteroatoms. The normalized spacial score (nSPS) is 22.5. The predicted molar refractivity (Wildman–Crippen MR) is 105 cm³/mol. The van der Waals surface area contributed by atoms with Crippen molar-refractivity contribution in [2.75, 3.05) is 39.3 Å². The Morgan fingerprint density at radius 3 is 2.60 bits per heavy atom. The van der Waals surface area contributed by atoms with E-state index >= 15 is 0 Å². The lowest BCUT2D eigenvalue weighted by Gasteiger charge is -2.35. The van der Waals surface area contributed by atoms with E-state index in [1.165, 1.54) is 22.6 Å². The van der Waals surface area contributed by atoms with Crippen molar-refractivity contribution in [3.8, 4) is 10.4 Å². The van der Waals surface area contributed by atoms with Crippen LogP contribution in [0.25, 0.3) is 10.4 Å². The first-order valence-corrected chi connectivity index (χ1v) is 10.4. The molecule has 3 heterocycles. The molecule has 3 nitrogen and oxygen atoms in total. The second kappa shape index (κ2) is 8.19. The van der Waals surface area contributed by atoms with E-state index in [-0.39, 0.29) is 0 Å². The van der Waals surface area contributed by atoms with Gasteiger partial charge in [-0.2, -0.15) is 0 Å². The fraction of sp³-hybridized carbons (Fsp3) is 0.500. The zero-order chi connectivity index (χ0) is 17.1. The largest absolute Gasteiger partial charge is 0.377 e. The zero-order valence-corrected chi connectivity index (χ0v) is 16.1. The standard InChI is InChI=1S/C20H25ClN2OS/c21-19-6-2-1-5-18(19)20-8-7-17(25-20)15-23-11-9-22(10-12-23)14-16-4-3-13-24-16/h1-2,5-8,16H,3-4,9-15H2. The highest BCUT2D eigenvalue weighted by Gasteiger charge is 2.23. The quantitative estimate of drug-likeness (QED) is 0.770. The Morgan fingerprint density at radius 1 is 1.04 bits per heavy atom. The number of hydrogen-bond acceptors (Lipinski definition) is 4. The van der Waals surface area contributed by atoms with Gasteiger partial charge in [0.1, 0.15) is 0 Å². The highest BCUT2D eigenvalue weighted by molar-refractivity contribution is 7.15. The third-order valence-corrected chi connectivity index (χ3v) is 6.56. The second-order valence-corrected chi connectivity index (χ2v) is 8.53. The number of benzene rings is 1. The lowest BCUT2D eigenvalue weighted by atomic mass is 10.2. The molecule has 0 amide bonds. The van der Waals surface area contributed by atoms with Crippen molar-refractivity contribution < 1.29 is 4.74 Å². The van der Waals surface area contributed by atoms with E-state index in [2.05, 4.69) is 28.0 Å². The van der Waals surface area contributed by atoms with Crippen LogP contribution in [0.4, 0.5) is 0 Å². The monoisotopic (exact) mass is 376 g/mol. The Balaban J connectivity index is 1.29. The van der Waals surface area contributed by atoms with Crippen molar-refractivity contribution in [3.05, 3.63) is 46.3 Å². The van der Waals surface area contributed by atoms with Crippen molar-refractivity contribution in [1.82, 2.24) is 9.80 Å². The molecule has 0 aliphatic carbocycles. The Kier molecular flexibility index (Phi) is 5.73. The third kappa shape index (κ3) is 4.44. The van der Waals surface area contributed by atoms with Gasteiger partial charge in [0.25, 0.3) is 0 Å². The molecule has 0 spiro atoms. The van der Waals surface area contributed by atoms with Gasteiger partial charge < -0.3 is 4.74 Å². The fourth-order valence-corrected chi connectivity index (χ4v) is 5.08. The first-order chi connectivity index (χ1) is 12.3. The van der Waals surface area contributed by atoms with Gasteiger partial charge in [-0.05, 0) is 31.0 Å². The molecular formula is C20H25ClN2OS. The average Bonchev–Trinajstić information content (AvgIpc) is 3.29. The van der Waals surface area contributed by atoms with Crippen LogP contribution >= 0.6 is 22.9 Å². The molecule has 0 radical (unpaired) electrons. The van der Waals surface area contributed by atoms with Crippen molar-refractivity contribution in [2.45, 2.75) is 25.5 Å². The summed E-state index contributed by atoms with van der Waals surface area (Å²) in [7, 11) is 0. The van der Waals surface area contributed by atoms with Crippen LogP contribution in [0, 0.1) is 0 Å². The van der Waals surface area contributed by atoms with Crippen LogP contribution in [0.5, 0.6) is 0 Å². The molecule has 2 aliphatic rings. The topological polar surface area (TPSA) is 15.7 Å². The molecule has 134 valence electrons. The van der Waals surface area contributed by atoms with Crippen molar-refractivity contribution >= 4 is 22.9 Å². The molecule has 0 N–H and O–H groups in total. The van der Waals surface area contributed by atoms with Gasteiger partial charge in [-0.15, -0.1) is 11.3 Å². The summed E-state index contributed by atoms with van der Waals surface area (Å²) >= 11 is 8.19. The van der Waals surface area contributed by atoms with E-state index in [1.807, 2.05) is 29.5 Å². The Labute approximate surface area is 159 Å². The van der Waals surface area contributed by atoms with Crippen LogP contribution in [0.1, 0.15) is 17.7 Å². The van der Waals surface area contributed by atoms with E-state index in [9.17, 15) is 0 Å². The lowest BCUT2D eigenvalue weighted by Crippen LogP contribution is -2.47. The fourth-order valence-electron chi connectivity index (χ4n) is 3.70. The highest BCUT2D eigenvalue weighted by atomic mass is 35.5. The highest BCUT2D eigenvalue weighted by Crippen LogP contribution is 2.33. The summed E-state index contributed by atoms with van der Waals surface area (Å²) in [4.78, 5) is 7.81. The average molecular weight is 377 g/mol. The van der Waals surface area contributed by atoms with E-state index in [0.717, 1.165) is 56.5 Å². The minimum Gasteiger partial charge on any atom is -0.377 e. The molecule has 4 rings (SSSR count). The van der Waals surface area contributed by atoms with Crippen molar-refractivity contribution in [1.29, 1.82) is 0 Å². The van der Waals surface area contributed by atoms with Gasteiger partial charge in [0.2, 0.25) is 0 Å². The maximum Gasteiger partial charge on any atom is 0.0702 e. The minimum atomic E-state index is 0.474. The number of thiophene rings is 1. The molecule has 0 bridgehead atoms. The van der Waals surface area contributed by atoms with Gasteiger partial charge in [-0.25, -0.2) is 0 Å². The lowest BCUT2D eigenvalue weighted by molar-refractivity contribution is 0.0491. The maximum absolute atomic E-state index is 6.33. The molecule has 2 aromatic rings. The van der Waals surface area contributed by atoms with E-state index < -0.39 is 0 Å². The molecular weight excluding hydrogens is 352 g/mol. The maximum atomic E-state index is 6.33. The van der Waals surface area contributed by atoms with Gasteiger partial charge in [0.05, 0.1) is 6.10 Å². The van der Waals surface area contributed by atoms with Crippen LogP contribution in [-0.2, 0) is 11.3 Å². The number of ether oxygens (including phenoxy) is 1. The first kappa shape index (κ1) is 17.5. The SMILES string of the molecule is Clc1ccccc1-c1ccc(CN2CCN(CC3CCCO3)CC2)s1. The van der Waals surface area contributed by atoms with Crippen molar-refractivity contribution in [2.24, 2.45) is 0 Å². The number of piperazine rings is 1.